The summed E-state index contributed by atoms with van der Waals surface area (Å²) in [5.74, 6) is 1.14. The van der Waals surface area contributed by atoms with Crippen molar-refractivity contribution < 1.29 is 9.11 Å². The van der Waals surface area contributed by atoms with Gasteiger partial charge in [-0.15, -0.1) is 0 Å². The zero-order chi connectivity index (χ0) is 20.6. The van der Waals surface area contributed by atoms with Crippen LogP contribution in [0.15, 0.2) is 53.4 Å². The molecule has 0 unspecified atom stereocenters. The van der Waals surface area contributed by atoms with E-state index in [4.69, 9.17) is 10.7 Å². The van der Waals surface area contributed by atoms with Crippen molar-refractivity contribution in [3.8, 4) is 0 Å². The minimum Gasteiger partial charge on any atom is -0.373 e. The van der Waals surface area contributed by atoms with Crippen LogP contribution in [0, 0.1) is 6.92 Å². The standard InChI is InChI=1S/C22H28N4O2S/c1-16-7-8-19-18(13-16)20(25(2)10-9-23)14-22(24-19)26-11-12-29(27,28)21-6-4-3-5-17(21)15-26/h3-8,13-14,27-28H,9-12,15,23H2,1-2H3. The molecule has 0 amide bonds. The molecule has 0 spiro atoms. The number of fused-ring (bicyclic) bond motifs is 2. The summed E-state index contributed by atoms with van der Waals surface area (Å²) in [6, 6.07) is 16.0. The predicted octanol–water partition coefficient (Wildman–Crippen LogP) is 4.07. The molecule has 3 aromatic rings. The lowest BCUT2D eigenvalue weighted by molar-refractivity contribution is 0.488. The molecular weight excluding hydrogens is 384 g/mol. The first kappa shape index (κ1) is 20.0. The second-order valence-corrected chi connectivity index (χ2v) is 9.81. The number of rotatable bonds is 4. The molecule has 1 aliphatic rings. The molecule has 0 atom stereocenters. The number of benzene rings is 2. The number of nitrogens with two attached hydrogens (primary N) is 1. The SMILES string of the molecule is Cc1ccc2nc(N3CCS(O)(O)c4ccccc4C3)cc(N(C)CCN)c2c1. The van der Waals surface area contributed by atoms with E-state index in [-0.39, 0.29) is 0 Å². The smallest absolute Gasteiger partial charge is 0.131 e. The van der Waals surface area contributed by atoms with Gasteiger partial charge >= 0.3 is 0 Å². The van der Waals surface area contributed by atoms with Crippen LogP contribution in [0.2, 0.25) is 0 Å². The van der Waals surface area contributed by atoms with Gasteiger partial charge in [0.2, 0.25) is 0 Å². The summed E-state index contributed by atoms with van der Waals surface area (Å²) in [7, 11) is -0.755. The molecular formula is C22H28N4O2S. The van der Waals surface area contributed by atoms with E-state index >= 15 is 0 Å². The third-order valence-corrected chi connectivity index (χ3v) is 7.31. The van der Waals surface area contributed by atoms with E-state index in [0.29, 0.717) is 30.3 Å². The van der Waals surface area contributed by atoms with Gasteiger partial charge in [-0.05, 0) is 30.7 Å². The number of anilines is 2. The summed E-state index contributed by atoms with van der Waals surface area (Å²) in [5, 5.41) is 1.10. The molecule has 7 heteroatoms. The molecule has 4 N–H and O–H groups in total. The highest BCUT2D eigenvalue weighted by Gasteiger charge is 2.26. The maximum absolute atomic E-state index is 10.7. The Balaban J connectivity index is 1.81. The van der Waals surface area contributed by atoms with Crippen LogP contribution < -0.4 is 15.5 Å². The highest BCUT2D eigenvalue weighted by atomic mass is 32.3. The molecule has 6 nitrogen and oxygen atoms in total. The van der Waals surface area contributed by atoms with Gasteiger partial charge in [0, 0.05) is 50.4 Å². The molecule has 29 heavy (non-hydrogen) atoms. The van der Waals surface area contributed by atoms with Gasteiger partial charge in [-0.3, -0.25) is 9.11 Å². The van der Waals surface area contributed by atoms with Crippen LogP contribution in [0.1, 0.15) is 11.1 Å². The highest BCUT2D eigenvalue weighted by Crippen LogP contribution is 2.51. The zero-order valence-corrected chi connectivity index (χ0v) is 17.7. The number of pyridine rings is 1. The molecule has 1 aliphatic heterocycles. The van der Waals surface area contributed by atoms with Crippen molar-refractivity contribution in [2.24, 2.45) is 5.73 Å². The first-order chi connectivity index (χ1) is 13.9. The van der Waals surface area contributed by atoms with E-state index in [1.807, 2.05) is 37.4 Å². The van der Waals surface area contributed by atoms with Gasteiger partial charge < -0.3 is 15.5 Å². The Morgan fingerprint density at radius 1 is 1.17 bits per heavy atom. The zero-order valence-electron chi connectivity index (χ0n) is 16.9. The third kappa shape index (κ3) is 3.91. The molecule has 0 bridgehead atoms. The molecule has 4 rings (SSSR count). The highest BCUT2D eigenvalue weighted by molar-refractivity contribution is 8.24. The molecule has 0 aliphatic carbocycles. The number of hydrogen-bond donors (Lipinski definition) is 3. The quantitative estimate of drug-likeness (QED) is 0.599. The fourth-order valence-corrected chi connectivity index (χ4v) is 5.43. The molecule has 0 fully saturated rings. The van der Waals surface area contributed by atoms with Gasteiger partial charge in [-0.2, -0.15) is 10.6 Å². The topological polar surface area (TPSA) is 85.9 Å². The Morgan fingerprint density at radius 2 is 1.97 bits per heavy atom. The van der Waals surface area contributed by atoms with E-state index in [2.05, 4.69) is 34.9 Å². The largest absolute Gasteiger partial charge is 0.373 e. The van der Waals surface area contributed by atoms with Gasteiger partial charge in [0.1, 0.15) is 5.82 Å². The normalized spacial score (nSPS) is 16.9. The van der Waals surface area contributed by atoms with Gasteiger partial charge in [-0.25, -0.2) is 4.98 Å². The second kappa shape index (κ2) is 7.84. The Labute approximate surface area is 173 Å². The van der Waals surface area contributed by atoms with Crippen molar-refractivity contribution in [3.05, 3.63) is 59.7 Å². The molecule has 0 saturated heterocycles. The summed E-state index contributed by atoms with van der Waals surface area (Å²) in [6.07, 6.45) is 0. The van der Waals surface area contributed by atoms with Crippen molar-refractivity contribution in [2.45, 2.75) is 18.4 Å². The van der Waals surface area contributed by atoms with Crippen LogP contribution in [0.25, 0.3) is 10.9 Å². The molecule has 2 heterocycles. The van der Waals surface area contributed by atoms with E-state index in [0.717, 1.165) is 34.5 Å². The first-order valence-corrected chi connectivity index (χ1v) is 11.5. The van der Waals surface area contributed by atoms with E-state index in [9.17, 15) is 9.11 Å². The number of nitrogens with zero attached hydrogens (tertiary/aromatic N) is 3. The number of aryl methyl sites for hydroxylation is 1. The average molecular weight is 413 g/mol. The van der Waals surface area contributed by atoms with E-state index in [1.54, 1.807) is 0 Å². The minimum absolute atomic E-state index is 0.297. The summed E-state index contributed by atoms with van der Waals surface area (Å²) >= 11 is 0. The Morgan fingerprint density at radius 3 is 2.76 bits per heavy atom. The van der Waals surface area contributed by atoms with Crippen LogP contribution in [0.5, 0.6) is 0 Å². The predicted molar refractivity (Wildman–Crippen MR) is 122 cm³/mol. The lowest BCUT2D eigenvalue weighted by Crippen LogP contribution is -2.28. The Bertz CT molecular complexity index is 1040. The first-order valence-electron chi connectivity index (χ1n) is 9.80. The van der Waals surface area contributed by atoms with Crippen LogP contribution in [-0.2, 0) is 6.54 Å². The van der Waals surface area contributed by atoms with Gasteiger partial charge in [0.15, 0.2) is 0 Å². The molecule has 154 valence electrons. The van der Waals surface area contributed by atoms with Gasteiger partial charge in [-0.1, -0.05) is 29.8 Å². The van der Waals surface area contributed by atoms with Crippen LogP contribution in [0.3, 0.4) is 0 Å². The lowest BCUT2D eigenvalue weighted by Gasteiger charge is -2.32. The second-order valence-electron chi connectivity index (χ2n) is 7.63. The van der Waals surface area contributed by atoms with Crippen molar-refractivity contribution in [1.82, 2.24) is 4.98 Å². The Kier molecular flexibility index (Phi) is 5.40. The monoisotopic (exact) mass is 412 g/mol. The van der Waals surface area contributed by atoms with Crippen molar-refractivity contribution in [1.29, 1.82) is 0 Å². The molecule has 0 saturated carbocycles. The van der Waals surface area contributed by atoms with Crippen molar-refractivity contribution >= 4 is 33.0 Å². The third-order valence-electron chi connectivity index (χ3n) is 5.46. The van der Waals surface area contributed by atoms with Gasteiger partial charge in [0.05, 0.1) is 16.2 Å². The molecule has 2 aromatic carbocycles. The molecule has 1 aromatic heterocycles. The van der Waals surface area contributed by atoms with Crippen molar-refractivity contribution in [2.75, 3.05) is 42.2 Å². The fraction of sp³-hybridized carbons (Fsp3) is 0.318. The van der Waals surface area contributed by atoms with E-state index < -0.39 is 10.6 Å². The van der Waals surface area contributed by atoms with Crippen LogP contribution in [0.4, 0.5) is 11.5 Å². The minimum atomic E-state index is -2.80. The summed E-state index contributed by atoms with van der Waals surface area (Å²) < 4.78 is 21.3. The number of likely N-dealkylation sites (N-methyl/N-ethyl adjacent to an activating group) is 1. The van der Waals surface area contributed by atoms with E-state index in [1.165, 1.54) is 5.56 Å². The molecule has 0 radical (unpaired) electrons. The number of aromatic nitrogens is 1. The number of hydrogen-bond acceptors (Lipinski definition) is 6. The summed E-state index contributed by atoms with van der Waals surface area (Å²) in [6.45, 7) is 4.52. The average Bonchev–Trinajstić information content (AvgIpc) is 2.83. The van der Waals surface area contributed by atoms with Gasteiger partial charge in [0.25, 0.3) is 0 Å². The lowest BCUT2D eigenvalue weighted by atomic mass is 10.1. The van der Waals surface area contributed by atoms with Crippen LogP contribution in [-0.4, -0.2) is 46.5 Å². The maximum Gasteiger partial charge on any atom is 0.131 e. The summed E-state index contributed by atoms with van der Waals surface area (Å²) in [4.78, 5) is 9.87. The Hall–Kier alpha value is -2.32. The summed E-state index contributed by atoms with van der Waals surface area (Å²) in [5.41, 5.74) is 9.94. The van der Waals surface area contributed by atoms with Crippen molar-refractivity contribution in [3.63, 3.8) is 0 Å². The van der Waals surface area contributed by atoms with Crippen LogP contribution >= 0.6 is 10.6 Å². The fourth-order valence-electron chi connectivity index (χ4n) is 3.88. The maximum atomic E-state index is 10.7.